The first-order chi connectivity index (χ1) is 13.6. The predicted octanol–water partition coefficient (Wildman–Crippen LogP) is 7.77. The van der Waals surface area contributed by atoms with Gasteiger partial charge in [0, 0.05) is 10.8 Å². The third-order valence-electron chi connectivity index (χ3n) is 5.50. The Bertz CT molecular complexity index is 1410. The van der Waals surface area contributed by atoms with Crippen molar-refractivity contribution in [3.63, 3.8) is 0 Å². The Hall–Kier alpha value is -3.52. The molecule has 2 heteroatoms. The minimum atomic E-state index is 0.762. The van der Waals surface area contributed by atoms with Crippen LogP contribution >= 0.6 is 0 Å². The summed E-state index contributed by atoms with van der Waals surface area (Å²) in [6.45, 7) is 4.23. The summed E-state index contributed by atoms with van der Waals surface area (Å²) in [6, 6.07) is 25.7. The summed E-state index contributed by atoms with van der Waals surface area (Å²) in [6.07, 6.45) is 0. The number of hydrogen-bond acceptors (Lipinski definition) is 2. The second-order valence-electron chi connectivity index (χ2n) is 7.70. The van der Waals surface area contributed by atoms with Crippen molar-refractivity contribution in [1.82, 2.24) is 0 Å². The molecule has 6 rings (SSSR count). The van der Waals surface area contributed by atoms with Crippen LogP contribution in [-0.4, -0.2) is 0 Å². The Morgan fingerprint density at radius 1 is 0.429 bits per heavy atom. The van der Waals surface area contributed by atoms with E-state index in [-0.39, 0.29) is 0 Å². The molecule has 134 valence electrons. The predicted molar refractivity (Wildman–Crippen MR) is 116 cm³/mol. The molecule has 0 aliphatic rings. The van der Waals surface area contributed by atoms with Crippen LogP contribution in [-0.2, 0) is 0 Å². The number of hydrogen-bond donors (Lipinski definition) is 0. The first kappa shape index (κ1) is 15.5. The van der Waals surface area contributed by atoms with Gasteiger partial charge in [0.25, 0.3) is 0 Å². The molecule has 0 amide bonds. The van der Waals surface area contributed by atoms with Gasteiger partial charge in [0.15, 0.2) is 11.5 Å². The topological polar surface area (TPSA) is 26.3 Å². The Labute approximate surface area is 162 Å². The molecule has 0 saturated carbocycles. The minimum Gasteiger partial charge on any atom is -0.453 e. The van der Waals surface area contributed by atoms with Crippen molar-refractivity contribution in [2.75, 3.05) is 0 Å². The van der Waals surface area contributed by atoms with Crippen molar-refractivity contribution in [2.24, 2.45) is 0 Å². The first-order valence-corrected chi connectivity index (χ1v) is 9.51. The molecule has 28 heavy (non-hydrogen) atoms. The van der Waals surface area contributed by atoms with Gasteiger partial charge >= 0.3 is 0 Å². The van der Waals surface area contributed by atoms with Crippen molar-refractivity contribution in [3.8, 4) is 11.5 Å². The van der Waals surface area contributed by atoms with Gasteiger partial charge in [-0.3, -0.25) is 0 Å². The number of aryl methyl sites for hydroxylation is 2. The van der Waals surface area contributed by atoms with E-state index in [1.165, 1.54) is 32.7 Å². The molecule has 6 aromatic rings. The molecular formula is C26H18O2. The lowest BCUT2D eigenvalue weighted by atomic mass is 10.1. The SMILES string of the molecule is Cc1ccc2cc3oc(-c4cc5cc6cc(C)ccc6cc5o4)cc3cc2c1. The molecule has 0 N–H and O–H groups in total. The van der Waals surface area contributed by atoms with E-state index in [9.17, 15) is 0 Å². The molecule has 0 aliphatic carbocycles. The van der Waals surface area contributed by atoms with Crippen LogP contribution in [0.2, 0.25) is 0 Å². The molecule has 0 saturated heterocycles. The van der Waals surface area contributed by atoms with Gasteiger partial charge in [-0.1, -0.05) is 47.5 Å². The van der Waals surface area contributed by atoms with Gasteiger partial charge in [-0.25, -0.2) is 0 Å². The van der Waals surface area contributed by atoms with Crippen molar-refractivity contribution in [3.05, 3.63) is 83.9 Å². The average Bonchev–Trinajstić information content (AvgIpc) is 3.27. The van der Waals surface area contributed by atoms with Gasteiger partial charge in [-0.2, -0.15) is 0 Å². The molecule has 0 radical (unpaired) electrons. The highest BCUT2D eigenvalue weighted by Crippen LogP contribution is 2.35. The Balaban J connectivity index is 1.54. The van der Waals surface area contributed by atoms with Crippen LogP contribution in [0, 0.1) is 13.8 Å². The number of fused-ring (bicyclic) bond motifs is 4. The normalized spacial score (nSPS) is 11.9. The maximum atomic E-state index is 6.14. The second-order valence-corrected chi connectivity index (χ2v) is 7.70. The highest BCUT2D eigenvalue weighted by Gasteiger charge is 2.13. The quantitative estimate of drug-likeness (QED) is 0.299. The fourth-order valence-corrected chi connectivity index (χ4v) is 4.05. The molecule has 2 aromatic heterocycles. The number of benzene rings is 4. The summed E-state index contributed by atoms with van der Waals surface area (Å²) in [5, 5.41) is 7.01. The fourth-order valence-electron chi connectivity index (χ4n) is 4.05. The first-order valence-electron chi connectivity index (χ1n) is 9.51. The zero-order chi connectivity index (χ0) is 18.8. The van der Waals surface area contributed by atoms with Crippen LogP contribution < -0.4 is 0 Å². The maximum absolute atomic E-state index is 6.14. The highest BCUT2D eigenvalue weighted by molar-refractivity contribution is 5.99. The lowest BCUT2D eigenvalue weighted by Crippen LogP contribution is -1.75. The van der Waals surface area contributed by atoms with Crippen molar-refractivity contribution >= 4 is 43.5 Å². The fraction of sp³-hybridized carbons (Fsp3) is 0.0769. The number of rotatable bonds is 1. The average molecular weight is 362 g/mol. The van der Waals surface area contributed by atoms with E-state index in [2.05, 4.69) is 86.6 Å². The van der Waals surface area contributed by atoms with E-state index >= 15 is 0 Å². The van der Waals surface area contributed by atoms with Gasteiger partial charge in [0.2, 0.25) is 0 Å². The van der Waals surface area contributed by atoms with E-state index in [0.717, 1.165) is 33.5 Å². The van der Waals surface area contributed by atoms with Crippen LogP contribution in [0.15, 0.2) is 81.6 Å². The van der Waals surface area contributed by atoms with Gasteiger partial charge in [-0.05, 0) is 71.8 Å². The van der Waals surface area contributed by atoms with Gasteiger partial charge in [0.1, 0.15) is 11.2 Å². The highest BCUT2D eigenvalue weighted by atomic mass is 16.4. The smallest absolute Gasteiger partial charge is 0.170 e. The van der Waals surface area contributed by atoms with E-state index in [1.54, 1.807) is 0 Å². The molecule has 0 spiro atoms. The van der Waals surface area contributed by atoms with Gasteiger partial charge in [0.05, 0.1) is 0 Å². The largest absolute Gasteiger partial charge is 0.453 e. The molecule has 0 unspecified atom stereocenters. The molecule has 0 bridgehead atoms. The van der Waals surface area contributed by atoms with Crippen LogP contribution in [0.1, 0.15) is 11.1 Å². The Morgan fingerprint density at radius 2 is 0.893 bits per heavy atom. The van der Waals surface area contributed by atoms with E-state index in [1.807, 2.05) is 0 Å². The summed E-state index contributed by atoms with van der Waals surface area (Å²) in [5.41, 5.74) is 4.28. The molecule has 0 atom stereocenters. The standard InChI is InChI=1S/C26H18O2/c1-15-3-5-17-11-23-21(9-19(17)7-15)13-25(27-23)26-14-22-10-20-8-16(2)4-6-18(20)12-24(22)28-26/h3-14H,1-2H3. The third kappa shape index (κ3) is 2.35. The monoisotopic (exact) mass is 362 g/mol. The lowest BCUT2D eigenvalue weighted by molar-refractivity contribution is 0.569. The lowest BCUT2D eigenvalue weighted by Gasteiger charge is -1.99. The molecule has 0 fully saturated rings. The Morgan fingerprint density at radius 3 is 1.36 bits per heavy atom. The number of furan rings is 2. The second kappa shape index (κ2) is 5.49. The molecule has 4 aromatic carbocycles. The van der Waals surface area contributed by atoms with Crippen molar-refractivity contribution in [2.45, 2.75) is 13.8 Å². The zero-order valence-electron chi connectivity index (χ0n) is 15.7. The summed E-state index contributed by atoms with van der Waals surface area (Å²) >= 11 is 0. The van der Waals surface area contributed by atoms with Crippen LogP contribution in [0.5, 0.6) is 0 Å². The maximum Gasteiger partial charge on any atom is 0.170 e. The van der Waals surface area contributed by atoms with Crippen LogP contribution in [0.3, 0.4) is 0 Å². The van der Waals surface area contributed by atoms with E-state index < -0.39 is 0 Å². The minimum absolute atomic E-state index is 0.762. The zero-order valence-corrected chi connectivity index (χ0v) is 15.7. The van der Waals surface area contributed by atoms with E-state index in [4.69, 9.17) is 8.83 Å². The summed E-state index contributed by atoms with van der Waals surface area (Å²) < 4.78 is 12.3. The molecule has 2 nitrogen and oxygen atoms in total. The van der Waals surface area contributed by atoms with Gasteiger partial charge in [-0.15, -0.1) is 0 Å². The van der Waals surface area contributed by atoms with Gasteiger partial charge < -0.3 is 8.83 Å². The summed E-state index contributed by atoms with van der Waals surface area (Å²) in [5.74, 6) is 1.52. The van der Waals surface area contributed by atoms with Crippen molar-refractivity contribution < 1.29 is 8.83 Å². The van der Waals surface area contributed by atoms with E-state index in [0.29, 0.717) is 0 Å². The summed E-state index contributed by atoms with van der Waals surface area (Å²) in [4.78, 5) is 0. The Kier molecular flexibility index (Phi) is 3.05. The molecule has 2 heterocycles. The van der Waals surface area contributed by atoms with Crippen LogP contribution in [0.4, 0.5) is 0 Å². The third-order valence-corrected chi connectivity index (χ3v) is 5.50. The molecular weight excluding hydrogens is 344 g/mol. The summed E-state index contributed by atoms with van der Waals surface area (Å²) in [7, 11) is 0. The molecule has 0 aliphatic heterocycles. The van der Waals surface area contributed by atoms with Crippen LogP contribution in [0.25, 0.3) is 55.0 Å². The van der Waals surface area contributed by atoms with Crippen molar-refractivity contribution in [1.29, 1.82) is 0 Å².